The van der Waals surface area contributed by atoms with Crippen molar-refractivity contribution < 1.29 is 19.4 Å². The van der Waals surface area contributed by atoms with E-state index in [1.807, 2.05) is 18.2 Å². The number of benzene rings is 2. The standard InChI is InChI=1S/C15H13NO4/c17-14(18)10-16-15(19)11-5-4-8-13(9-11)20-12-6-2-1-3-7-12/h1-9H,10H2,(H,16,19)(H,17,18). The third kappa shape index (κ3) is 3.84. The minimum Gasteiger partial charge on any atom is -0.480 e. The van der Waals surface area contributed by atoms with Gasteiger partial charge in [0.15, 0.2) is 0 Å². The molecule has 5 heteroatoms. The maximum Gasteiger partial charge on any atom is 0.322 e. The van der Waals surface area contributed by atoms with Crippen LogP contribution in [0.4, 0.5) is 0 Å². The summed E-state index contributed by atoms with van der Waals surface area (Å²) >= 11 is 0. The SMILES string of the molecule is O=C(O)CNC(=O)c1cccc(Oc2ccccc2)c1. The van der Waals surface area contributed by atoms with Gasteiger partial charge < -0.3 is 15.2 Å². The Labute approximate surface area is 115 Å². The van der Waals surface area contributed by atoms with Gasteiger partial charge in [-0.3, -0.25) is 9.59 Å². The van der Waals surface area contributed by atoms with E-state index in [1.54, 1.807) is 36.4 Å². The molecule has 0 radical (unpaired) electrons. The quantitative estimate of drug-likeness (QED) is 0.874. The lowest BCUT2D eigenvalue weighted by Gasteiger charge is -2.07. The molecule has 102 valence electrons. The molecule has 2 aromatic carbocycles. The fourth-order valence-corrected chi connectivity index (χ4v) is 1.58. The third-order valence-corrected chi connectivity index (χ3v) is 2.48. The molecule has 0 aliphatic rings. The highest BCUT2D eigenvalue weighted by Crippen LogP contribution is 2.21. The summed E-state index contributed by atoms with van der Waals surface area (Å²) in [6, 6.07) is 15.7. The average Bonchev–Trinajstić information content (AvgIpc) is 2.46. The Balaban J connectivity index is 2.08. The molecule has 0 spiro atoms. The van der Waals surface area contributed by atoms with Crippen molar-refractivity contribution in [3.05, 3.63) is 60.2 Å². The lowest BCUT2D eigenvalue weighted by Crippen LogP contribution is -2.29. The normalized spacial score (nSPS) is 9.80. The van der Waals surface area contributed by atoms with Crippen LogP contribution in [0.5, 0.6) is 11.5 Å². The summed E-state index contributed by atoms with van der Waals surface area (Å²) in [7, 11) is 0. The fraction of sp³-hybridized carbons (Fsp3) is 0.0667. The molecule has 2 rings (SSSR count). The summed E-state index contributed by atoms with van der Waals surface area (Å²) in [4.78, 5) is 22.1. The highest BCUT2D eigenvalue weighted by Gasteiger charge is 2.08. The van der Waals surface area contributed by atoms with Gasteiger partial charge in [0.2, 0.25) is 0 Å². The summed E-state index contributed by atoms with van der Waals surface area (Å²) in [5, 5.41) is 10.8. The molecule has 0 heterocycles. The summed E-state index contributed by atoms with van der Waals surface area (Å²) in [6.07, 6.45) is 0. The summed E-state index contributed by atoms with van der Waals surface area (Å²) in [6.45, 7) is -0.414. The van der Waals surface area contributed by atoms with Crippen molar-refractivity contribution in [2.75, 3.05) is 6.54 Å². The van der Waals surface area contributed by atoms with Crippen LogP contribution in [0, 0.1) is 0 Å². The molecule has 0 fully saturated rings. The van der Waals surface area contributed by atoms with Crippen LogP contribution in [0.25, 0.3) is 0 Å². The largest absolute Gasteiger partial charge is 0.480 e. The molecule has 20 heavy (non-hydrogen) atoms. The lowest BCUT2D eigenvalue weighted by molar-refractivity contribution is -0.135. The van der Waals surface area contributed by atoms with Gasteiger partial charge in [0.05, 0.1) is 0 Å². The van der Waals surface area contributed by atoms with Crippen molar-refractivity contribution in [3.63, 3.8) is 0 Å². The molecule has 5 nitrogen and oxygen atoms in total. The maximum absolute atomic E-state index is 11.7. The van der Waals surface area contributed by atoms with Gasteiger partial charge in [0.25, 0.3) is 5.91 Å². The van der Waals surface area contributed by atoms with Gasteiger partial charge in [0.1, 0.15) is 18.0 Å². The first-order valence-corrected chi connectivity index (χ1v) is 5.98. The van der Waals surface area contributed by atoms with Crippen LogP contribution in [0.1, 0.15) is 10.4 Å². The van der Waals surface area contributed by atoms with E-state index in [1.165, 1.54) is 0 Å². The number of carbonyl (C=O) groups excluding carboxylic acids is 1. The summed E-state index contributed by atoms with van der Waals surface area (Å²) in [5.74, 6) is -0.365. The molecule has 0 saturated carbocycles. The first-order valence-electron chi connectivity index (χ1n) is 5.98. The molecule has 0 aliphatic heterocycles. The van der Waals surface area contributed by atoms with Crippen LogP contribution >= 0.6 is 0 Å². The van der Waals surface area contributed by atoms with E-state index in [4.69, 9.17) is 9.84 Å². The Kier molecular flexibility index (Phi) is 4.34. The van der Waals surface area contributed by atoms with Gasteiger partial charge in [0, 0.05) is 5.56 Å². The number of carbonyl (C=O) groups is 2. The fourth-order valence-electron chi connectivity index (χ4n) is 1.58. The molecule has 0 saturated heterocycles. The number of carboxylic acid groups (broad SMARTS) is 1. The highest BCUT2D eigenvalue weighted by molar-refractivity contribution is 5.96. The Morgan fingerprint density at radius 3 is 2.40 bits per heavy atom. The van der Waals surface area contributed by atoms with Crippen molar-refractivity contribution in [2.24, 2.45) is 0 Å². The van der Waals surface area contributed by atoms with Crippen LogP contribution in [-0.4, -0.2) is 23.5 Å². The van der Waals surface area contributed by atoms with Crippen LogP contribution in [0.15, 0.2) is 54.6 Å². The first-order chi connectivity index (χ1) is 9.65. The minimum absolute atomic E-state index is 0.347. The Hall–Kier alpha value is -2.82. The predicted molar refractivity (Wildman–Crippen MR) is 72.9 cm³/mol. The number of ether oxygens (including phenoxy) is 1. The second-order valence-electron chi connectivity index (χ2n) is 4.02. The van der Waals surface area contributed by atoms with Crippen molar-refractivity contribution in [1.29, 1.82) is 0 Å². The van der Waals surface area contributed by atoms with Crippen LogP contribution in [0.3, 0.4) is 0 Å². The molecule has 0 unspecified atom stereocenters. The van der Waals surface area contributed by atoms with E-state index in [9.17, 15) is 9.59 Å². The predicted octanol–water partition coefficient (Wildman–Crippen LogP) is 2.29. The van der Waals surface area contributed by atoms with Crippen LogP contribution in [-0.2, 0) is 4.79 Å². The van der Waals surface area contributed by atoms with Gasteiger partial charge in [-0.05, 0) is 30.3 Å². The van der Waals surface area contributed by atoms with Gasteiger partial charge >= 0.3 is 5.97 Å². The van der Waals surface area contributed by atoms with Crippen molar-refractivity contribution in [1.82, 2.24) is 5.32 Å². The van der Waals surface area contributed by atoms with Gasteiger partial charge in [-0.2, -0.15) is 0 Å². The molecular weight excluding hydrogens is 258 g/mol. The average molecular weight is 271 g/mol. The molecule has 0 bridgehead atoms. The molecule has 2 aromatic rings. The molecule has 0 atom stereocenters. The lowest BCUT2D eigenvalue weighted by atomic mass is 10.2. The molecule has 0 aliphatic carbocycles. The van der Waals surface area contributed by atoms with Gasteiger partial charge in [-0.15, -0.1) is 0 Å². The number of amides is 1. The van der Waals surface area contributed by atoms with Crippen LogP contribution < -0.4 is 10.1 Å². The number of para-hydroxylation sites is 1. The Morgan fingerprint density at radius 1 is 1.00 bits per heavy atom. The van der Waals surface area contributed by atoms with E-state index in [-0.39, 0.29) is 0 Å². The first kappa shape index (κ1) is 13.6. The van der Waals surface area contributed by atoms with Crippen LogP contribution in [0.2, 0.25) is 0 Å². The monoisotopic (exact) mass is 271 g/mol. The molecule has 1 amide bonds. The molecule has 2 N–H and O–H groups in total. The zero-order chi connectivity index (χ0) is 14.4. The Morgan fingerprint density at radius 2 is 1.70 bits per heavy atom. The van der Waals surface area contributed by atoms with E-state index in [0.29, 0.717) is 17.1 Å². The summed E-state index contributed by atoms with van der Waals surface area (Å²) < 4.78 is 5.60. The van der Waals surface area contributed by atoms with Crippen molar-refractivity contribution in [2.45, 2.75) is 0 Å². The smallest absolute Gasteiger partial charge is 0.322 e. The number of carboxylic acids is 1. The van der Waals surface area contributed by atoms with E-state index in [2.05, 4.69) is 5.32 Å². The molecule has 0 aromatic heterocycles. The van der Waals surface area contributed by atoms with E-state index >= 15 is 0 Å². The van der Waals surface area contributed by atoms with E-state index < -0.39 is 18.4 Å². The minimum atomic E-state index is -1.09. The van der Waals surface area contributed by atoms with Gasteiger partial charge in [-0.25, -0.2) is 0 Å². The number of hydrogen-bond donors (Lipinski definition) is 2. The Bertz CT molecular complexity index is 610. The zero-order valence-electron chi connectivity index (χ0n) is 10.6. The summed E-state index contributed by atoms with van der Waals surface area (Å²) in [5.41, 5.74) is 0.347. The third-order valence-electron chi connectivity index (χ3n) is 2.48. The van der Waals surface area contributed by atoms with Crippen molar-refractivity contribution in [3.8, 4) is 11.5 Å². The number of rotatable bonds is 5. The number of nitrogens with one attached hydrogen (secondary N) is 1. The van der Waals surface area contributed by atoms with E-state index in [0.717, 1.165) is 0 Å². The van der Waals surface area contributed by atoms with Gasteiger partial charge in [-0.1, -0.05) is 24.3 Å². The number of aliphatic carboxylic acids is 1. The topological polar surface area (TPSA) is 75.6 Å². The highest BCUT2D eigenvalue weighted by atomic mass is 16.5. The number of hydrogen-bond acceptors (Lipinski definition) is 3. The maximum atomic E-state index is 11.7. The zero-order valence-corrected chi connectivity index (χ0v) is 10.6. The van der Waals surface area contributed by atoms with Crippen molar-refractivity contribution >= 4 is 11.9 Å². The second kappa shape index (κ2) is 6.38. The second-order valence-corrected chi connectivity index (χ2v) is 4.02. The molecular formula is C15H13NO4.